The monoisotopic (exact) mass is 277 g/mol. The summed E-state index contributed by atoms with van der Waals surface area (Å²) in [5, 5.41) is 0.311. The van der Waals surface area contributed by atoms with Gasteiger partial charge in [-0.15, -0.1) is 0 Å². The molecule has 1 aromatic heterocycles. The van der Waals surface area contributed by atoms with E-state index in [2.05, 4.69) is 4.98 Å². The van der Waals surface area contributed by atoms with Crippen LogP contribution in [0.25, 0.3) is 0 Å². The maximum Gasteiger partial charge on any atom is 0.338 e. The van der Waals surface area contributed by atoms with E-state index in [9.17, 15) is 4.79 Å². The first-order valence-electron chi connectivity index (χ1n) is 5.11. The van der Waals surface area contributed by atoms with Crippen molar-refractivity contribution in [2.24, 2.45) is 0 Å². The predicted molar refractivity (Wildman–Crippen MR) is 65.6 cm³/mol. The van der Waals surface area contributed by atoms with E-state index in [1.807, 2.05) is 13.8 Å². The summed E-state index contributed by atoms with van der Waals surface area (Å²) in [6.07, 6.45) is 0.110. The average molecular weight is 278 g/mol. The maximum absolute atomic E-state index is 11.6. The molecule has 0 saturated heterocycles. The summed E-state index contributed by atoms with van der Waals surface area (Å²) in [6, 6.07) is 2.80. The highest BCUT2D eigenvalue weighted by molar-refractivity contribution is 6.32. The van der Waals surface area contributed by atoms with Crippen LogP contribution in [-0.4, -0.2) is 30.3 Å². The van der Waals surface area contributed by atoms with Crippen molar-refractivity contribution in [3.63, 3.8) is 0 Å². The molecule has 94 valence electrons. The molecule has 0 aromatic carbocycles. The van der Waals surface area contributed by atoms with Crippen molar-refractivity contribution in [3.05, 3.63) is 28.0 Å². The maximum atomic E-state index is 11.6. The van der Waals surface area contributed by atoms with Gasteiger partial charge in [-0.3, -0.25) is 0 Å². The van der Waals surface area contributed by atoms with Gasteiger partial charge in [0.2, 0.25) is 0 Å². The van der Waals surface area contributed by atoms with Crippen molar-refractivity contribution >= 4 is 29.2 Å². The van der Waals surface area contributed by atoms with Gasteiger partial charge >= 0.3 is 5.97 Å². The van der Waals surface area contributed by atoms with E-state index in [1.165, 1.54) is 12.1 Å². The quantitative estimate of drug-likeness (QED) is 0.472. The minimum Gasteiger partial charge on any atom is -0.460 e. The standard InChI is InChI=1S/C11H13Cl2NO3/c1-7(2)16-3-4-17-11(15)8-5-9(12)14-10(13)6-8/h5-7H,3-4H2,1-2H3. The summed E-state index contributed by atoms with van der Waals surface area (Å²) >= 11 is 11.3. The number of carbonyl (C=O) groups excluding carboxylic acids is 1. The second-order valence-corrected chi connectivity index (χ2v) is 4.33. The van der Waals surface area contributed by atoms with Crippen LogP contribution in [0.3, 0.4) is 0 Å². The van der Waals surface area contributed by atoms with Gasteiger partial charge in [-0.1, -0.05) is 23.2 Å². The molecule has 0 spiro atoms. The van der Waals surface area contributed by atoms with E-state index in [0.717, 1.165) is 0 Å². The van der Waals surface area contributed by atoms with Crippen LogP contribution in [0.1, 0.15) is 24.2 Å². The zero-order valence-corrected chi connectivity index (χ0v) is 11.1. The van der Waals surface area contributed by atoms with Crippen molar-refractivity contribution < 1.29 is 14.3 Å². The second-order valence-electron chi connectivity index (χ2n) is 3.56. The Morgan fingerprint density at radius 3 is 2.41 bits per heavy atom. The molecule has 0 amide bonds. The SMILES string of the molecule is CC(C)OCCOC(=O)c1cc(Cl)nc(Cl)c1. The summed E-state index contributed by atoms with van der Waals surface area (Å²) in [6.45, 7) is 4.36. The van der Waals surface area contributed by atoms with Gasteiger partial charge in [0, 0.05) is 0 Å². The first kappa shape index (κ1) is 14.2. The molecule has 0 atom stereocenters. The fraction of sp³-hybridized carbons (Fsp3) is 0.455. The largest absolute Gasteiger partial charge is 0.460 e. The molecule has 4 nitrogen and oxygen atoms in total. The first-order chi connectivity index (χ1) is 7.99. The molecule has 0 unspecified atom stereocenters. The Kier molecular flexibility index (Phi) is 5.68. The lowest BCUT2D eigenvalue weighted by atomic mass is 10.3. The minimum absolute atomic E-state index is 0.110. The van der Waals surface area contributed by atoms with Gasteiger partial charge in [-0.2, -0.15) is 0 Å². The van der Waals surface area contributed by atoms with Crippen molar-refractivity contribution in [1.29, 1.82) is 0 Å². The molecule has 1 aromatic rings. The van der Waals surface area contributed by atoms with Crippen molar-refractivity contribution in [2.45, 2.75) is 20.0 Å². The zero-order chi connectivity index (χ0) is 12.8. The number of hydrogen-bond acceptors (Lipinski definition) is 4. The fourth-order valence-corrected chi connectivity index (χ4v) is 1.54. The minimum atomic E-state index is -0.497. The van der Waals surface area contributed by atoms with Crippen LogP contribution in [0.2, 0.25) is 10.3 Å². The Morgan fingerprint density at radius 2 is 1.88 bits per heavy atom. The van der Waals surface area contributed by atoms with Crippen LogP contribution in [-0.2, 0) is 9.47 Å². The molecule has 0 aliphatic heterocycles. The van der Waals surface area contributed by atoms with Gasteiger partial charge in [0.1, 0.15) is 16.9 Å². The average Bonchev–Trinajstić information content (AvgIpc) is 2.22. The van der Waals surface area contributed by atoms with Crippen LogP contribution >= 0.6 is 23.2 Å². The van der Waals surface area contributed by atoms with E-state index in [-0.39, 0.29) is 28.6 Å². The van der Waals surface area contributed by atoms with E-state index in [0.29, 0.717) is 6.61 Å². The number of rotatable bonds is 5. The predicted octanol–water partition coefficient (Wildman–Crippen LogP) is 2.97. The number of ether oxygens (including phenoxy) is 2. The third-order valence-electron chi connectivity index (χ3n) is 1.77. The van der Waals surface area contributed by atoms with Crippen LogP contribution in [0.5, 0.6) is 0 Å². The molecule has 0 fully saturated rings. The van der Waals surface area contributed by atoms with Gasteiger partial charge in [0.05, 0.1) is 18.3 Å². The normalized spacial score (nSPS) is 10.6. The highest BCUT2D eigenvalue weighted by Crippen LogP contribution is 2.15. The molecule has 0 saturated carbocycles. The zero-order valence-electron chi connectivity index (χ0n) is 9.57. The fourth-order valence-electron chi connectivity index (χ4n) is 1.08. The molecule has 0 N–H and O–H groups in total. The molecule has 0 bridgehead atoms. The number of esters is 1. The Morgan fingerprint density at radius 1 is 1.29 bits per heavy atom. The van der Waals surface area contributed by atoms with E-state index in [1.54, 1.807) is 0 Å². The molecule has 6 heteroatoms. The summed E-state index contributed by atoms with van der Waals surface area (Å²) in [5.74, 6) is -0.497. The molecule has 17 heavy (non-hydrogen) atoms. The van der Waals surface area contributed by atoms with Gasteiger partial charge < -0.3 is 9.47 Å². The van der Waals surface area contributed by atoms with Gasteiger partial charge in [0.25, 0.3) is 0 Å². The summed E-state index contributed by atoms with van der Waals surface area (Å²) in [7, 11) is 0. The Labute approximate surface area is 110 Å². The van der Waals surface area contributed by atoms with Crippen LogP contribution in [0.15, 0.2) is 12.1 Å². The number of pyridine rings is 1. The molecule has 1 heterocycles. The van der Waals surface area contributed by atoms with E-state index >= 15 is 0 Å². The molecular formula is C11H13Cl2NO3. The summed E-state index contributed by atoms with van der Waals surface area (Å²) in [4.78, 5) is 15.3. The highest BCUT2D eigenvalue weighted by Gasteiger charge is 2.10. The van der Waals surface area contributed by atoms with Crippen LogP contribution in [0, 0.1) is 0 Å². The van der Waals surface area contributed by atoms with Crippen LogP contribution < -0.4 is 0 Å². The Balaban J connectivity index is 2.47. The third-order valence-corrected chi connectivity index (χ3v) is 2.15. The Hall–Kier alpha value is -0.840. The van der Waals surface area contributed by atoms with Crippen molar-refractivity contribution in [3.8, 4) is 0 Å². The number of carbonyl (C=O) groups is 1. The number of halogens is 2. The lowest BCUT2D eigenvalue weighted by Crippen LogP contribution is -2.13. The van der Waals surface area contributed by atoms with Crippen molar-refractivity contribution in [1.82, 2.24) is 4.98 Å². The van der Waals surface area contributed by atoms with Crippen LogP contribution in [0.4, 0.5) is 0 Å². The summed E-state index contributed by atoms with van der Waals surface area (Å²) in [5.41, 5.74) is 0.277. The van der Waals surface area contributed by atoms with Gasteiger partial charge in [-0.05, 0) is 26.0 Å². The number of hydrogen-bond donors (Lipinski definition) is 0. The first-order valence-corrected chi connectivity index (χ1v) is 5.86. The molecule has 0 radical (unpaired) electrons. The Bertz CT molecular complexity index is 376. The third kappa shape index (κ3) is 5.35. The molecule has 0 aliphatic carbocycles. The second kappa shape index (κ2) is 6.79. The summed E-state index contributed by atoms with van der Waals surface area (Å²) < 4.78 is 10.2. The topological polar surface area (TPSA) is 48.4 Å². The molecule has 0 aliphatic rings. The smallest absolute Gasteiger partial charge is 0.338 e. The lowest BCUT2D eigenvalue weighted by Gasteiger charge is -2.08. The van der Waals surface area contributed by atoms with E-state index in [4.69, 9.17) is 32.7 Å². The molecule has 1 rings (SSSR count). The number of aromatic nitrogens is 1. The lowest BCUT2D eigenvalue weighted by molar-refractivity contribution is 0.0177. The highest BCUT2D eigenvalue weighted by atomic mass is 35.5. The van der Waals surface area contributed by atoms with Gasteiger partial charge in [-0.25, -0.2) is 9.78 Å². The van der Waals surface area contributed by atoms with Crippen molar-refractivity contribution in [2.75, 3.05) is 13.2 Å². The number of nitrogens with zero attached hydrogens (tertiary/aromatic N) is 1. The van der Waals surface area contributed by atoms with Gasteiger partial charge in [0.15, 0.2) is 0 Å². The van der Waals surface area contributed by atoms with E-state index < -0.39 is 5.97 Å². The molecular weight excluding hydrogens is 265 g/mol.